The minimum Gasteiger partial charge on any atom is -0.480 e. The molecule has 25 heavy (non-hydrogen) atoms. The largest absolute Gasteiger partial charge is 0.480 e. The lowest BCUT2D eigenvalue weighted by atomic mass is 10.2. The van der Waals surface area contributed by atoms with Gasteiger partial charge in [-0.15, -0.1) is 0 Å². The third kappa shape index (κ3) is 5.25. The maximum absolute atomic E-state index is 12.5. The molecular weight excluding hydrogens is 352 g/mol. The molecule has 0 aliphatic carbocycles. The summed E-state index contributed by atoms with van der Waals surface area (Å²) in [7, 11) is -3.69. The van der Waals surface area contributed by atoms with Gasteiger partial charge in [-0.2, -0.15) is 9.40 Å². The van der Waals surface area contributed by atoms with Crippen LogP contribution in [0.15, 0.2) is 12.4 Å². The predicted molar refractivity (Wildman–Crippen MR) is 87.6 cm³/mol. The quantitative estimate of drug-likeness (QED) is 0.655. The molecule has 0 unspecified atom stereocenters. The van der Waals surface area contributed by atoms with Crippen molar-refractivity contribution in [2.24, 2.45) is 0 Å². The van der Waals surface area contributed by atoms with Crippen molar-refractivity contribution in [1.82, 2.24) is 19.0 Å². The van der Waals surface area contributed by atoms with Crippen molar-refractivity contribution in [3.63, 3.8) is 0 Å². The molecule has 10 nitrogen and oxygen atoms in total. The summed E-state index contributed by atoms with van der Waals surface area (Å²) in [6, 6.07) is 0. The summed E-state index contributed by atoms with van der Waals surface area (Å²) in [5.74, 6) is -1.46. The number of aromatic nitrogens is 2. The van der Waals surface area contributed by atoms with Crippen LogP contribution in [0.3, 0.4) is 0 Å². The van der Waals surface area contributed by atoms with Gasteiger partial charge in [-0.25, -0.2) is 8.42 Å². The van der Waals surface area contributed by atoms with E-state index in [-0.39, 0.29) is 25.6 Å². The Balaban J connectivity index is 2.04. The number of hydrogen-bond donors (Lipinski definition) is 1. The van der Waals surface area contributed by atoms with E-state index in [0.29, 0.717) is 18.7 Å². The number of amides is 1. The van der Waals surface area contributed by atoms with E-state index in [9.17, 15) is 18.0 Å². The summed E-state index contributed by atoms with van der Waals surface area (Å²) in [5.41, 5.74) is 0.452. The Morgan fingerprint density at radius 3 is 2.76 bits per heavy atom. The zero-order valence-electron chi connectivity index (χ0n) is 14.2. The average molecular weight is 374 g/mol. The molecule has 1 fully saturated rings. The summed E-state index contributed by atoms with van der Waals surface area (Å²) < 4.78 is 31.5. The molecule has 0 radical (unpaired) electrons. The molecule has 0 spiro atoms. The van der Waals surface area contributed by atoms with Gasteiger partial charge in [0.05, 0.1) is 30.7 Å². The van der Waals surface area contributed by atoms with Crippen LogP contribution < -0.4 is 0 Å². The molecule has 0 aromatic carbocycles. The summed E-state index contributed by atoms with van der Waals surface area (Å²) in [6.45, 7) is 2.61. The number of aryl methyl sites for hydroxylation is 1. The van der Waals surface area contributed by atoms with E-state index in [2.05, 4.69) is 5.10 Å². The number of rotatable bonds is 7. The van der Waals surface area contributed by atoms with Gasteiger partial charge >= 0.3 is 5.97 Å². The Kier molecular flexibility index (Phi) is 6.14. The first-order valence-corrected chi connectivity index (χ1v) is 9.65. The fourth-order valence-electron chi connectivity index (χ4n) is 2.54. The number of carboxylic acid groups (broad SMARTS) is 1. The first-order valence-electron chi connectivity index (χ1n) is 7.81. The summed E-state index contributed by atoms with van der Waals surface area (Å²) in [4.78, 5) is 25.0. The Hall–Kier alpha value is -1.98. The molecule has 2 rings (SSSR count). The maximum Gasteiger partial charge on any atom is 0.318 e. The van der Waals surface area contributed by atoms with Crippen LogP contribution >= 0.6 is 0 Å². The van der Waals surface area contributed by atoms with Crippen LogP contribution in [0.5, 0.6) is 0 Å². The Morgan fingerprint density at radius 1 is 1.48 bits per heavy atom. The van der Waals surface area contributed by atoms with Crippen molar-refractivity contribution < 1.29 is 27.9 Å². The fourth-order valence-corrected chi connectivity index (χ4v) is 3.32. The van der Waals surface area contributed by atoms with E-state index < -0.39 is 28.6 Å². The second kappa shape index (κ2) is 7.93. The van der Waals surface area contributed by atoms with Crippen molar-refractivity contribution >= 4 is 21.9 Å². The van der Waals surface area contributed by atoms with Crippen LogP contribution in [-0.4, -0.2) is 89.5 Å². The van der Waals surface area contributed by atoms with Crippen molar-refractivity contribution in [3.8, 4) is 0 Å². The van der Waals surface area contributed by atoms with Gasteiger partial charge in [0.25, 0.3) is 5.91 Å². The highest BCUT2D eigenvalue weighted by molar-refractivity contribution is 7.88. The van der Waals surface area contributed by atoms with Gasteiger partial charge in [-0.1, -0.05) is 0 Å². The molecule has 140 valence electrons. The van der Waals surface area contributed by atoms with Crippen molar-refractivity contribution in [2.45, 2.75) is 19.6 Å². The van der Waals surface area contributed by atoms with E-state index in [1.165, 1.54) is 6.20 Å². The highest BCUT2D eigenvalue weighted by Gasteiger charge is 2.30. The number of sulfonamides is 1. The normalized spacial score (nSPS) is 18.5. The Labute approximate surface area is 146 Å². The van der Waals surface area contributed by atoms with E-state index >= 15 is 0 Å². The molecule has 1 aliphatic heterocycles. The van der Waals surface area contributed by atoms with Gasteiger partial charge in [-0.05, 0) is 6.92 Å². The number of carbonyl (C=O) groups excluding carboxylic acids is 1. The van der Waals surface area contributed by atoms with Crippen LogP contribution in [0, 0.1) is 0 Å². The van der Waals surface area contributed by atoms with E-state index in [1.54, 1.807) is 15.8 Å². The molecule has 1 aliphatic rings. The number of morpholine rings is 1. The van der Waals surface area contributed by atoms with Crippen molar-refractivity contribution in [3.05, 3.63) is 18.0 Å². The highest BCUT2D eigenvalue weighted by Crippen LogP contribution is 2.13. The molecular formula is C14H22N4O6S. The zero-order chi connectivity index (χ0) is 18.6. The van der Waals surface area contributed by atoms with Gasteiger partial charge < -0.3 is 14.7 Å². The van der Waals surface area contributed by atoms with Gasteiger partial charge in [0.1, 0.15) is 6.54 Å². The molecule has 2 heterocycles. The minimum absolute atomic E-state index is 0.122. The predicted octanol–water partition coefficient (Wildman–Crippen LogP) is -0.910. The molecule has 1 aromatic heterocycles. The fraction of sp³-hybridized carbons (Fsp3) is 0.643. The second-order valence-electron chi connectivity index (χ2n) is 5.78. The lowest BCUT2D eigenvalue weighted by Gasteiger charge is -2.34. The third-order valence-corrected chi connectivity index (χ3v) is 5.03. The Bertz CT molecular complexity index is 731. The summed E-state index contributed by atoms with van der Waals surface area (Å²) >= 11 is 0. The number of aliphatic carboxylic acids is 1. The SMILES string of the molecule is CCn1cc(C(=O)N2CCO[C@@H](CN(CC(=O)O)S(C)(=O)=O)C2)cn1. The van der Waals surface area contributed by atoms with Crippen LogP contribution in [0.4, 0.5) is 0 Å². The smallest absolute Gasteiger partial charge is 0.318 e. The standard InChI is InChI=1S/C14H22N4O6S/c1-3-17-7-11(6-15-17)14(21)16-4-5-24-12(8-16)9-18(10-13(19)20)25(2,22)23/h6-7,12H,3-5,8-10H2,1-2H3,(H,19,20)/t12-/m1/s1. The van der Waals surface area contributed by atoms with Crippen molar-refractivity contribution in [2.75, 3.05) is 39.0 Å². The Morgan fingerprint density at radius 2 is 2.20 bits per heavy atom. The molecule has 1 saturated heterocycles. The number of nitrogens with zero attached hydrogens (tertiary/aromatic N) is 4. The van der Waals surface area contributed by atoms with E-state index in [0.717, 1.165) is 10.6 Å². The van der Waals surface area contributed by atoms with E-state index in [1.807, 2.05) is 6.92 Å². The molecule has 1 atom stereocenters. The number of hydrogen-bond acceptors (Lipinski definition) is 6. The lowest BCUT2D eigenvalue weighted by Crippen LogP contribution is -2.51. The molecule has 1 amide bonds. The first-order chi connectivity index (χ1) is 11.7. The maximum atomic E-state index is 12.5. The second-order valence-corrected chi connectivity index (χ2v) is 7.76. The topological polar surface area (TPSA) is 122 Å². The monoisotopic (exact) mass is 374 g/mol. The first kappa shape index (κ1) is 19.3. The highest BCUT2D eigenvalue weighted by atomic mass is 32.2. The van der Waals surface area contributed by atoms with Crippen LogP contribution in [0.2, 0.25) is 0 Å². The average Bonchev–Trinajstić information content (AvgIpc) is 3.01. The number of carboxylic acids is 1. The van der Waals surface area contributed by atoms with Crippen LogP contribution in [0.1, 0.15) is 17.3 Å². The van der Waals surface area contributed by atoms with Gasteiger partial charge in [-0.3, -0.25) is 14.3 Å². The number of ether oxygens (including phenoxy) is 1. The van der Waals surface area contributed by atoms with E-state index in [4.69, 9.17) is 9.84 Å². The third-order valence-electron chi connectivity index (χ3n) is 3.82. The number of carbonyl (C=O) groups is 2. The van der Waals surface area contributed by atoms with Crippen LogP contribution in [0.25, 0.3) is 0 Å². The molecule has 0 bridgehead atoms. The molecule has 1 N–H and O–H groups in total. The van der Waals surface area contributed by atoms with Crippen LogP contribution in [-0.2, 0) is 26.1 Å². The molecule has 11 heteroatoms. The van der Waals surface area contributed by atoms with Crippen molar-refractivity contribution in [1.29, 1.82) is 0 Å². The van der Waals surface area contributed by atoms with Gasteiger partial charge in [0, 0.05) is 32.4 Å². The summed E-state index contributed by atoms with van der Waals surface area (Å²) in [6.07, 6.45) is 3.50. The van der Waals surface area contributed by atoms with Gasteiger partial charge in [0.2, 0.25) is 10.0 Å². The molecule has 1 aromatic rings. The van der Waals surface area contributed by atoms with Gasteiger partial charge in [0.15, 0.2) is 0 Å². The molecule has 0 saturated carbocycles. The summed E-state index contributed by atoms with van der Waals surface area (Å²) in [5, 5.41) is 12.9. The lowest BCUT2D eigenvalue weighted by molar-refractivity contribution is -0.137. The minimum atomic E-state index is -3.69. The zero-order valence-corrected chi connectivity index (χ0v) is 15.0.